The van der Waals surface area contributed by atoms with Crippen LogP contribution in [0.5, 0.6) is 0 Å². The largest absolute Gasteiger partial charge is 0.411 e. The number of aromatic amines is 1. The lowest BCUT2D eigenvalue weighted by atomic mass is 10.2. The Morgan fingerprint density at radius 2 is 2.17 bits per heavy atom. The number of carbonyl (C=O) groups is 1. The third-order valence-corrected chi connectivity index (χ3v) is 4.02. The quantitative estimate of drug-likeness (QED) is 0.850. The first-order valence-corrected chi connectivity index (χ1v) is 7.83. The summed E-state index contributed by atoms with van der Waals surface area (Å²) >= 11 is 0. The Labute approximate surface area is 136 Å². The molecule has 2 aromatic rings. The van der Waals surface area contributed by atoms with Gasteiger partial charge in [0.2, 0.25) is 5.91 Å². The zero-order chi connectivity index (χ0) is 17.2. The summed E-state index contributed by atoms with van der Waals surface area (Å²) in [6.45, 7) is -0.977. The van der Waals surface area contributed by atoms with Gasteiger partial charge in [-0.2, -0.15) is 13.2 Å². The van der Waals surface area contributed by atoms with Crippen LogP contribution >= 0.6 is 0 Å². The number of nitrogens with zero attached hydrogens (tertiary/aromatic N) is 2. The van der Waals surface area contributed by atoms with Crippen molar-refractivity contribution in [3.8, 4) is 0 Å². The predicted molar refractivity (Wildman–Crippen MR) is 81.3 cm³/mol. The van der Waals surface area contributed by atoms with Crippen molar-refractivity contribution < 1.29 is 22.7 Å². The first-order valence-electron chi connectivity index (χ1n) is 7.83. The molecule has 1 aromatic carbocycles. The molecule has 130 valence electrons. The number of fused-ring (bicyclic) bond motifs is 1. The highest BCUT2D eigenvalue weighted by Crippen LogP contribution is 2.31. The molecule has 0 aliphatic carbocycles. The van der Waals surface area contributed by atoms with Crippen molar-refractivity contribution in [1.29, 1.82) is 0 Å². The molecule has 24 heavy (non-hydrogen) atoms. The monoisotopic (exact) mass is 341 g/mol. The molecule has 0 unspecified atom stereocenters. The molecule has 1 aliphatic heterocycles. The number of benzene rings is 1. The normalized spacial score (nSPS) is 18.5. The minimum atomic E-state index is -4.37. The van der Waals surface area contributed by atoms with Crippen molar-refractivity contribution in [2.75, 3.05) is 19.8 Å². The smallest absolute Gasteiger partial charge is 0.372 e. The highest BCUT2D eigenvalue weighted by Gasteiger charge is 2.32. The number of para-hydroxylation sites is 2. The minimum Gasteiger partial charge on any atom is -0.372 e. The molecule has 1 fully saturated rings. The van der Waals surface area contributed by atoms with E-state index in [1.54, 1.807) is 4.90 Å². The molecular formula is C16H18F3N3O2. The zero-order valence-electron chi connectivity index (χ0n) is 13.0. The third kappa shape index (κ3) is 3.87. The number of alkyl halides is 3. The SMILES string of the molecule is O=C(CCOCC(F)(F)F)N1CCC[C@H]1c1nc2ccccc2[nH]1. The first-order chi connectivity index (χ1) is 11.4. The first kappa shape index (κ1) is 16.8. The van der Waals surface area contributed by atoms with Crippen molar-refractivity contribution >= 4 is 16.9 Å². The Kier molecular flexibility index (Phi) is 4.75. The minimum absolute atomic E-state index is 0.0627. The molecule has 0 spiro atoms. The van der Waals surface area contributed by atoms with Crippen molar-refractivity contribution in [1.82, 2.24) is 14.9 Å². The fourth-order valence-electron chi connectivity index (χ4n) is 2.97. The van der Waals surface area contributed by atoms with Gasteiger partial charge in [-0.05, 0) is 25.0 Å². The van der Waals surface area contributed by atoms with Crippen LogP contribution in [0.15, 0.2) is 24.3 Å². The number of imidazole rings is 1. The summed E-state index contributed by atoms with van der Waals surface area (Å²) in [5.74, 6) is 0.512. The van der Waals surface area contributed by atoms with Crippen LogP contribution in [0.2, 0.25) is 0 Å². The average molecular weight is 341 g/mol. The summed E-state index contributed by atoms with van der Waals surface area (Å²) in [4.78, 5) is 21.7. The van der Waals surface area contributed by atoms with Gasteiger partial charge in [0.15, 0.2) is 0 Å². The maximum Gasteiger partial charge on any atom is 0.411 e. The molecule has 0 radical (unpaired) electrons. The van der Waals surface area contributed by atoms with E-state index in [1.807, 2.05) is 24.3 Å². The van der Waals surface area contributed by atoms with Crippen LogP contribution in [0.3, 0.4) is 0 Å². The van der Waals surface area contributed by atoms with E-state index in [-0.39, 0.29) is 25.0 Å². The number of aromatic nitrogens is 2. The van der Waals surface area contributed by atoms with Gasteiger partial charge in [-0.3, -0.25) is 4.79 Å². The number of nitrogens with one attached hydrogen (secondary N) is 1. The van der Waals surface area contributed by atoms with Crippen molar-refractivity contribution in [3.05, 3.63) is 30.1 Å². The number of carbonyl (C=O) groups excluding carboxylic acids is 1. The van der Waals surface area contributed by atoms with Crippen molar-refractivity contribution in [2.24, 2.45) is 0 Å². The molecule has 3 rings (SSSR count). The molecule has 5 nitrogen and oxygen atoms in total. The Morgan fingerprint density at radius 1 is 1.38 bits per heavy atom. The van der Waals surface area contributed by atoms with Crippen LogP contribution in [0.25, 0.3) is 11.0 Å². The van der Waals surface area contributed by atoms with Gasteiger partial charge < -0.3 is 14.6 Å². The van der Waals surface area contributed by atoms with Crippen LogP contribution in [-0.4, -0.2) is 46.7 Å². The summed E-state index contributed by atoms with van der Waals surface area (Å²) in [6.07, 6.45) is -2.80. The predicted octanol–water partition coefficient (Wildman–Crippen LogP) is 3.20. The Morgan fingerprint density at radius 3 is 2.92 bits per heavy atom. The Balaban J connectivity index is 1.61. The highest BCUT2D eigenvalue weighted by atomic mass is 19.4. The summed E-state index contributed by atoms with van der Waals surface area (Å²) in [5.41, 5.74) is 1.74. The molecule has 2 heterocycles. The number of rotatable bonds is 5. The fraction of sp³-hybridized carbons (Fsp3) is 0.500. The van der Waals surface area contributed by atoms with Gasteiger partial charge in [0.25, 0.3) is 0 Å². The van der Waals surface area contributed by atoms with E-state index in [0.717, 1.165) is 29.7 Å². The van der Waals surface area contributed by atoms with Gasteiger partial charge in [0.05, 0.1) is 30.1 Å². The lowest BCUT2D eigenvalue weighted by Crippen LogP contribution is -2.32. The molecule has 1 N–H and O–H groups in total. The molecule has 1 aromatic heterocycles. The second-order valence-electron chi connectivity index (χ2n) is 5.80. The third-order valence-electron chi connectivity index (χ3n) is 4.02. The maximum atomic E-state index is 12.3. The van der Waals surface area contributed by atoms with E-state index in [0.29, 0.717) is 6.54 Å². The molecule has 0 saturated carbocycles. The van der Waals surface area contributed by atoms with Gasteiger partial charge in [-0.15, -0.1) is 0 Å². The Bertz CT molecular complexity index is 681. The van der Waals surface area contributed by atoms with Crippen LogP contribution in [0.4, 0.5) is 13.2 Å². The fourth-order valence-corrected chi connectivity index (χ4v) is 2.97. The number of ether oxygens (including phenoxy) is 1. The number of H-pyrrole nitrogens is 1. The lowest BCUT2D eigenvalue weighted by molar-refractivity contribution is -0.175. The second-order valence-corrected chi connectivity index (χ2v) is 5.80. The topological polar surface area (TPSA) is 58.2 Å². The molecule has 1 aliphatic rings. The maximum absolute atomic E-state index is 12.3. The van der Waals surface area contributed by atoms with Crippen LogP contribution < -0.4 is 0 Å². The number of likely N-dealkylation sites (tertiary alicyclic amines) is 1. The standard InChI is InChI=1S/C16H18F3N3O2/c17-16(18,19)10-24-9-7-14(23)22-8-3-6-13(22)15-20-11-4-1-2-5-12(11)21-15/h1-2,4-5,13H,3,6-10H2,(H,20,21)/t13-/m0/s1. The van der Waals surface area contributed by atoms with E-state index >= 15 is 0 Å². The number of hydrogen-bond donors (Lipinski definition) is 1. The average Bonchev–Trinajstić information content (AvgIpc) is 3.16. The van der Waals surface area contributed by atoms with E-state index in [9.17, 15) is 18.0 Å². The Hall–Kier alpha value is -2.09. The van der Waals surface area contributed by atoms with Gasteiger partial charge in [-0.25, -0.2) is 4.98 Å². The number of hydrogen-bond acceptors (Lipinski definition) is 3. The number of halogens is 3. The zero-order valence-corrected chi connectivity index (χ0v) is 13.0. The molecule has 1 amide bonds. The molecule has 8 heteroatoms. The van der Waals surface area contributed by atoms with Crippen molar-refractivity contribution in [3.63, 3.8) is 0 Å². The molecule has 1 atom stereocenters. The lowest BCUT2D eigenvalue weighted by Gasteiger charge is -2.23. The molecule has 1 saturated heterocycles. The van der Waals surface area contributed by atoms with Gasteiger partial charge >= 0.3 is 6.18 Å². The molecule has 0 bridgehead atoms. The van der Waals surface area contributed by atoms with Gasteiger partial charge in [0.1, 0.15) is 12.4 Å². The summed E-state index contributed by atoms with van der Waals surface area (Å²) in [6, 6.07) is 7.44. The van der Waals surface area contributed by atoms with E-state index in [4.69, 9.17) is 0 Å². The van der Waals surface area contributed by atoms with E-state index < -0.39 is 12.8 Å². The van der Waals surface area contributed by atoms with E-state index in [1.165, 1.54) is 0 Å². The summed E-state index contributed by atoms with van der Waals surface area (Å²) in [5, 5.41) is 0. The highest BCUT2D eigenvalue weighted by molar-refractivity contribution is 5.78. The van der Waals surface area contributed by atoms with Crippen LogP contribution in [0, 0.1) is 0 Å². The van der Waals surface area contributed by atoms with E-state index in [2.05, 4.69) is 14.7 Å². The summed E-state index contributed by atoms with van der Waals surface area (Å²) in [7, 11) is 0. The second kappa shape index (κ2) is 6.80. The van der Waals surface area contributed by atoms with Crippen LogP contribution in [0.1, 0.15) is 31.1 Å². The van der Waals surface area contributed by atoms with Crippen molar-refractivity contribution in [2.45, 2.75) is 31.5 Å². The van der Waals surface area contributed by atoms with Gasteiger partial charge in [0, 0.05) is 6.54 Å². The summed E-state index contributed by atoms with van der Waals surface area (Å²) < 4.78 is 40.6. The molecular weight excluding hydrogens is 323 g/mol. The van der Waals surface area contributed by atoms with Gasteiger partial charge in [-0.1, -0.05) is 12.1 Å². The van der Waals surface area contributed by atoms with Crippen LogP contribution in [-0.2, 0) is 9.53 Å². The number of amides is 1.